The second kappa shape index (κ2) is 10.3. The molecule has 2 N–H and O–H groups in total. The molecule has 2 aromatic carbocycles. The molecule has 7 heteroatoms. The molecule has 2 amide bonds. The molecule has 0 saturated heterocycles. The van der Waals surface area contributed by atoms with Crippen LogP contribution in [0.25, 0.3) is 6.08 Å². The summed E-state index contributed by atoms with van der Waals surface area (Å²) in [4.78, 5) is 23.9. The zero-order valence-electron chi connectivity index (χ0n) is 15.5. The summed E-state index contributed by atoms with van der Waals surface area (Å²) in [5.74, 6) is -0.172. The minimum absolute atomic E-state index is 0.0232. The van der Waals surface area contributed by atoms with E-state index in [0.29, 0.717) is 17.0 Å². The Hall–Kier alpha value is -3.11. The van der Waals surface area contributed by atoms with E-state index in [0.717, 1.165) is 4.47 Å². The number of rotatable bonds is 7. The van der Waals surface area contributed by atoms with Crippen LogP contribution in [0.3, 0.4) is 0 Å². The number of ether oxygens (including phenoxy) is 1. The first kappa shape index (κ1) is 21.2. The van der Waals surface area contributed by atoms with Crippen LogP contribution in [0, 0.1) is 11.3 Å². The van der Waals surface area contributed by atoms with E-state index in [-0.39, 0.29) is 24.1 Å². The predicted molar refractivity (Wildman–Crippen MR) is 112 cm³/mol. The largest absolute Gasteiger partial charge is 0.484 e. The normalized spacial score (nSPS) is 10.9. The van der Waals surface area contributed by atoms with Crippen LogP contribution >= 0.6 is 15.9 Å². The van der Waals surface area contributed by atoms with Crippen molar-refractivity contribution in [3.8, 4) is 11.8 Å². The van der Waals surface area contributed by atoms with E-state index in [1.165, 1.54) is 6.08 Å². The number of amides is 2. The highest BCUT2D eigenvalue weighted by Gasteiger charge is 2.10. The minimum atomic E-state index is -0.494. The average Bonchev–Trinajstić information content (AvgIpc) is 2.64. The zero-order chi connectivity index (χ0) is 20.5. The van der Waals surface area contributed by atoms with Crippen molar-refractivity contribution in [3.63, 3.8) is 0 Å². The number of carbonyl (C=O) groups is 2. The van der Waals surface area contributed by atoms with Gasteiger partial charge in [-0.15, -0.1) is 0 Å². The number of nitrogens with one attached hydrogen (secondary N) is 2. The molecule has 0 radical (unpaired) electrons. The van der Waals surface area contributed by atoms with Gasteiger partial charge in [-0.05, 0) is 55.8 Å². The summed E-state index contributed by atoms with van der Waals surface area (Å²) >= 11 is 3.33. The molecular weight excluding hydrogens is 422 g/mol. The Morgan fingerprint density at radius 3 is 2.54 bits per heavy atom. The molecule has 0 atom stereocenters. The highest BCUT2D eigenvalue weighted by atomic mass is 79.9. The molecule has 0 aliphatic rings. The van der Waals surface area contributed by atoms with Crippen LogP contribution in [0.15, 0.2) is 58.6 Å². The maximum atomic E-state index is 12.3. The van der Waals surface area contributed by atoms with Gasteiger partial charge in [0.25, 0.3) is 11.8 Å². The minimum Gasteiger partial charge on any atom is -0.484 e. The first-order valence-electron chi connectivity index (χ1n) is 8.58. The van der Waals surface area contributed by atoms with E-state index >= 15 is 0 Å². The number of nitriles is 1. The first-order chi connectivity index (χ1) is 13.4. The van der Waals surface area contributed by atoms with Crippen molar-refractivity contribution in [1.82, 2.24) is 5.32 Å². The molecule has 0 saturated carbocycles. The maximum Gasteiger partial charge on any atom is 0.266 e. The van der Waals surface area contributed by atoms with Gasteiger partial charge in [-0.2, -0.15) is 5.26 Å². The Morgan fingerprint density at radius 1 is 1.21 bits per heavy atom. The molecular formula is C21H20BrN3O3. The third kappa shape index (κ3) is 6.89. The van der Waals surface area contributed by atoms with Crippen molar-refractivity contribution < 1.29 is 14.3 Å². The lowest BCUT2D eigenvalue weighted by atomic mass is 10.1. The van der Waals surface area contributed by atoms with Crippen LogP contribution in [0.1, 0.15) is 19.4 Å². The van der Waals surface area contributed by atoms with Crippen LogP contribution in [0.5, 0.6) is 5.75 Å². The molecule has 0 fully saturated rings. The quantitative estimate of drug-likeness (QED) is 0.503. The average molecular weight is 442 g/mol. The van der Waals surface area contributed by atoms with Gasteiger partial charge >= 0.3 is 0 Å². The molecule has 0 heterocycles. The molecule has 0 unspecified atom stereocenters. The van der Waals surface area contributed by atoms with E-state index in [1.807, 2.05) is 26.0 Å². The summed E-state index contributed by atoms with van der Waals surface area (Å²) in [6.07, 6.45) is 1.49. The molecule has 0 aliphatic carbocycles. The Morgan fingerprint density at radius 2 is 1.93 bits per heavy atom. The summed E-state index contributed by atoms with van der Waals surface area (Å²) in [5.41, 5.74) is 1.23. The summed E-state index contributed by atoms with van der Waals surface area (Å²) in [6, 6.07) is 15.8. The summed E-state index contributed by atoms with van der Waals surface area (Å²) in [6.45, 7) is 3.67. The van der Waals surface area contributed by atoms with E-state index in [2.05, 4.69) is 26.6 Å². The Bertz CT molecular complexity index is 915. The van der Waals surface area contributed by atoms with Crippen molar-refractivity contribution in [1.29, 1.82) is 5.26 Å². The van der Waals surface area contributed by atoms with Crippen molar-refractivity contribution in [2.75, 3.05) is 11.9 Å². The Labute approximate surface area is 172 Å². The first-order valence-corrected chi connectivity index (χ1v) is 9.37. The number of hydrogen-bond donors (Lipinski definition) is 2. The topological polar surface area (TPSA) is 91.2 Å². The molecule has 0 spiro atoms. The van der Waals surface area contributed by atoms with Crippen molar-refractivity contribution in [2.45, 2.75) is 19.9 Å². The van der Waals surface area contributed by atoms with Crippen LogP contribution in [-0.4, -0.2) is 24.5 Å². The van der Waals surface area contributed by atoms with Gasteiger partial charge in [-0.25, -0.2) is 0 Å². The summed E-state index contributed by atoms with van der Waals surface area (Å²) in [7, 11) is 0. The lowest BCUT2D eigenvalue weighted by molar-refractivity contribution is -0.123. The lowest BCUT2D eigenvalue weighted by Crippen LogP contribution is -2.34. The fourth-order valence-corrected chi connectivity index (χ4v) is 2.65. The van der Waals surface area contributed by atoms with Crippen molar-refractivity contribution in [3.05, 3.63) is 64.1 Å². The molecule has 2 aromatic rings. The van der Waals surface area contributed by atoms with Gasteiger partial charge in [-0.1, -0.05) is 34.1 Å². The maximum absolute atomic E-state index is 12.3. The number of benzene rings is 2. The molecule has 2 rings (SSSR count). The van der Waals surface area contributed by atoms with Gasteiger partial charge < -0.3 is 15.4 Å². The summed E-state index contributed by atoms with van der Waals surface area (Å²) in [5, 5.41) is 14.7. The Kier molecular flexibility index (Phi) is 7.78. The summed E-state index contributed by atoms with van der Waals surface area (Å²) < 4.78 is 6.24. The number of nitrogens with zero attached hydrogens (tertiary/aromatic N) is 1. The third-order valence-electron chi connectivity index (χ3n) is 3.46. The van der Waals surface area contributed by atoms with Gasteiger partial charge in [0.05, 0.1) is 0 Å². The van der Waals surface area contributed by atoms with Gasteiger partial charge in [0, 0.05) is 16.2 Å². The van der Waals surface area contributed by atoms with Crippen LogP contribution in [-0.2, 0) is 9.59 Å². The van der Waals surface area contributed by atoms with E-state index in [4.69, 9.17) is 4.74 Å². The SMILES string of the molecule is CC(C)NC(=O)COc1ccc(/C=C(\C#N)C(=O)Nc2cccc(Br)c2)cc1. The molecule has 0 bridgehead atoms. The molecule has 0 aliphatic heterocycles. The van der Waals surface area contributed by atoms with E-state index in [9.17, 15) is 14.9 Å². The van der Waals surface area contributed by atoms with Crippen LogP contribution in [0.4, 0.5) is 5.69 Å². The van der Waals surface area contributed by atoms with Gasteiger partial charge in [0.2, 0.25) is 0 Å². The second-order valence-corrected chi connectivity index (χ2v) is 7.13. The van der Waals surface area contributed by atoms with E-state index < -0.39 is 5.91 Å². The standard InChI is InChI=1S/C21H20BrN3O3/c1-14(2)24-20(26)13-28-19-8-6-15(7-9-19)10-16(12-23)21(27)25-18-5-3-4-17(22)11-18/h3-11,14H,13H2,1-2H3,(H,24,26)(H,25,27)/b16-10+. The highest BCUT2D eigenvalue weighted by Crippen LogP contribution is 2.18. The monoisotopic (exact) mass is 441 g/mol. The van der Waals surface area contributed by atoms with Crippen molar-refractivity contribution >= 4 is 39.5 Å². The van der Waals surface area contributed by atoms with Gasteiger partial charge in [0.15, 0.2) is 6.61 Å². The molecule has 0 aromatic heterocycles. The molecule has 6 nitrogen and oxygen atoms in total. The lowest BCUT2D eigenvalue weighted by Gasteiger charge is -2.09. The van der Waals surface area contributed by atoms with Crippen LogP contribution < -0.4 is 15.4 Å². The smallest absolute Gasteiger partial charge is 0.266 e. The number of carbonyl (C=O) groups excluding carboxylic acids is 2. The third-order valence-corrected chi connectivity index (χ3v) is 3.95. The van der Waals surface area contributed by atoms with Gasteiger partial charge in [0.1, 0.15) is 17.4 Å². The fourth-order valence-electron chi connectivity index (χ4n) is 2.25. The second-order valence-electron chi connectivity index (χ2n) is 6.21. The fraction of sp³-hybridized carbons (Fsp3) is 0.190. The number of halogens is 1. The van der Waals surface area contributed by atoms with Crippen molar-refractivity contribution in [2.24, 2.45) is 0 Å². The van der Waals surface area contributed by atoms with Gasteiger partial charge in [-0.3, -0.25) is 9.59 Å². The number of anilines is 1. The molecule has 144 valence electrons. The number of hydrogen-bond acceptors (Lipinski definition) is 4. The molecule has 28 heavy (non-hydrogen) atoms. The van der Waals surface area contributed by atoms with Crippen LogP contribution in [0.2, 0.25) is 0 Å². The van der Waals surface area contributed by atoms with E-state index in [1.54, 1.807) is 42.5 Å². The highest BCUT2D eigenvalue weighted by molar-refractivity contribution is 9.10. The zero-order valence-corrected chi connectivity index (χ0v) is 17.1. The predicted octanol–water partition coefficient (Wildman–Crippen LogP) is 3.90. The Balaban J connectivity index is 2.01.